The first kappa shape index (κ1) is 21.1. The second-order valence-electron chi connectivity index (χ2n) is 7.97. The van der Waals surface area contributed by atoms with E-state index in [1.165, 1.54) is 19.4 Å². The number of pyridine rings is 1. The fourth-order valence-corrected chi connectivity index (χ4v) is 4.43. The largest absolute Gasteiger partial charge is 0.481 e. The highest BCUT2D eigenvalue weighted by Crippen LogP contribution is 2.29. The van der Waals surface area contributed by atoms with Crippen LogP contribution in [-0.4, -0.2) is 61.0 Å². The van der Waals surface area contributed by atoms with Crippen molar-refractivity contribution in [1.82, 2.24) is 15.2 Å². The maximum atomic E-state index is 14.1. The van der Waals surface area contributed by atoms with E-state index in [1.54, 1.807) is 24.3 Å². The molecule has 4 rings (SSSR count). The Labute approximate surface area is 181 Å². The van der Waals surface area contributed by atoms with Crippen LogP contribution in [0, 0.1) is 11.7 Å². The summed E-state index contributed by atoms with van der Waals surface area (Å²) in [6, 6.07) is 9.83. The monoisotopic (exact) mass is 426 g/mol. The van der Waals surface area contributed by atoms with Gasteiger partial charge in [-0.1, -0.05) is 18.6 Å². The minimum Gasteiger partial charge on any atom is -0.481 e. The molecule has 2 heterocycles. The van der Waals surface area contributed by atoms with E-state index in [0.717, 1.165) is 19.3 Å². The molecule has 2 fully saturated rings. The number of amides is 2. The number of carbonyl (C=O) groups is 2. The van der Waals surface area contributed by atoms with Crippen LogP contribution in [0.25, 0.3) is 0 Å². The van der Waals surface area contributed by atoms with Gasteiger partial charge in [-0.15, -0.1) is 0 Å². The molecule has 2 aromatic rings. The van der Waals surface area contributed by atoms with Gasteiger partial charge in [0.1, 0.15) is 5.82 Å². The van der Waals surface area contributed by atoms with E-state index >= 15 is 0 Å². The average Bonchev–Trinajstić information content (AvgIpc) is 3.27. The van der Waals surface area contributed by atoms with Crippen molar-refractivity contribution in [1.29, 1.82) is 0 Å². The number of para-hydroxylation sites is 1. The number of hydrogen-bond donors (Lipinski definition) is 1. The molecule has 1 aromatic carbocycles. The van der Waals surface area contributed by atoms with Crippen LogP contribution >= 0.6 is 0 Å². The lowest BCUT2D eigenvalue weighted by molar-refractivity contribution is -0.136. The van der Waals surface area contributed by atoms with E-state index in [1.807, 2.05) is 15.9 Å². The second-order valence-corrected chi connectivity index (χ2v) is 7.97. The minimum atomic E-state index is -0.242. The van der Waals surface area contributed by atoms with E-state index < -0.39 is 0 Å². The van der Waals surface area contributed by atoms with Crippen molar-refractivity contribution in [3.63, 3.8) is 0 Å². The van der Waals surface area contributed by atoms with Crippen LogP contribution in [0.4, 0.5) is 10.1 Å². The fourth-order valence-electron chi connectivity index (χ4n) is 4.43. The minimum absolute atomic E-state index is 0.0730. The lowest BCUT2D eigenvalue weighted by atomic mass is 10.0. The van der Waals surface area contributed by atoms with Gasteiger partial charge in [0.05, 0.1) is 24.3 Å². The summed E-state index contributed by atoms with van der Waals surface area (Å²) < 4.78 is 19.1. The summed E-state index contributed by atoms with van der Waals surface area (Å²) in [6.45, 7) is 2.28. The first-order chi connectivity index (χ1) is 15.1. The van der Waals surface area contributed by atoms with Crippen LogP contribution in [0.3, 0.4) is 0 Å². The molecule has 2 amide bonds. The first-order valence-corrected chi connectivity index (χ1v) is 10.7. The molecule has 0 unspecified atom stereocenters. The summed E-state index contributed by atoms with van der Waals surface area (Å²) in [7, 11) is 1.52. The molecule has 1 aromatic heterocycles. The summed E-state index contributed by atoms with van der Waals surface area (Å²) in [4.78, 5) is 33.7. The number of nitrogens with zero attached hydrogens (tertiary/aromatic N) is 3. The van der Waals surface area contributed by atoms with Crippen LogP contribution in [-0.2, 0) is 4.79 Å². The molecular weight excluding hydrogens is 399 g/mol. The number of methoxy groups -OCH3 is 1. The molecule has 2 aliphatic rings. The molecule has 0 spiro atoms. The highest BCUT2D eigenvalue weighted by atomic mass is 19.1. The smallest absolute Gasteiger partial charge is 0.253 e. The number of nitrogens with one attached hydrogen (secondary N) is 1. The Morgan fingerprint density at radius 3 is 2.55 bits per heavy atom. The van der Waals surface area contributed by atoms with E-state index in [9.17, 15) is 14.0 Å². The molecular formula is C23H27FN4O3. The van der Waals surface area contributed by atoms with Crippen molar-refractivity contribution in [2.45, 2.75) is 25.3 Å². The third kappa shape index (κ3) is 4.62. The molecule has 8 heteroatoms. The second kappa shape index (κ2) is 9.32. The van der Waals surface area contributed by atoms with Gasteiger partial charge in [-0.2, -0.15) is 0 Å². The van der Waals surface area contributed by atoms with Gasteiger partial charge in [-0.25, -0.2) is 9.37 Å². The molecule has 164 valence electrons. The molecule has 0 bridgehead atoms. The summed E-state index contributed by atoms with van der Waals surface area (Å²) >= 11 is 0. The number of carbonyl (C=O) groups excluding carboxylic acids is 2. The number of anilines is 1. The normalized spacial score (nSPS) is 21.1. The predicted octanol–water partition coefficient (Wildman–Crippen LogP) is 2.48. The number of hydrogen-bond acceptors (Lipinski definition) is 5. The van der Waals surface area contributed by atoms with E-state index in [4.69, 9.17) is 4.74 Å². The van der Waals surface area contributed by atoms with Gasteiger partial charge in [0.15, 0.2) is 0 Å². The van der Waals surface area contributed by atoms with Gasteiger partial charge in [0.2, 0.25) is 11.8 Å². The number of benzene rings is 1. The lowest BCUT2D eigenvalue weighted by Crippen LogP contribution is -2.53. The van der Waals surface area contributed by atoms with Crippen molar-refractivity contribution in [3.05, 3.63) is 54.0 Å². The lowest BCUT2D eigenvalue weighted by Gasteiger charge is -2.38. The standard InChI is InChI=1S/C23H27FN4O3/c1-31-21-10-9-16(15-25-21)22(29)26-19-7-4-5-17(19)23(30)28-13-11-27(12-14-28)20-8-3-2-6-18(20)24/h2-3,6,8-10,15,17,19H,4-5,7,11-14H2,1H3,(H,26,29)/t17-,19+/m0/s1. The van der Waals surface area contributed by atoms with Gasteiger partial charge in [0, 0.05) is 44.5 Å². The van der Waals surface area contributed by atoms with Gasteiger partial charge < -0.3 is 19.9 Å². The summed E-state index contributed by atoms with van der Waals surface area (Å²) in [6.07, 6.45) is 3.92. The number of piperazine rings is 1. The fraction of sp³-hybridized carbons (Fsp3) is 0.435. The molecule has 7 nitrogen and oxygen atoms in total. The first-order valence-electron chi connectivity index (χ1n) is 10.7. The van der Waals surface area contributed by atoms with Crippen LogP contribution in [0.1, 0.15) is 29.6 Å². The Morgan fingerprint density at radius 2 is 1.87 bits per heavy atom. The topological polar surface area (TPSA) is 74.8 Å². The van der Waals surface area contributed by atoms with Crippen LogP contribution < -0.4 is 15.0 Å². The number of ether oxygens (including phenoxy) is 1. The van der Waals surface area contributed by atoms with Crippen molar-refractivity contribution >= 4 is 17.5 Å². The zero-order valence-corrected chi connectivity index (χ0v) is 17.6. The van der Waals surface area contributed by atoms with Crippen LogP contribution in [0.15, 0.2) is 42.6 Å². The van der Waals surface area contributed by atoms with Gasteiger partial charge in [0.25, 0.3) is 5.91 Å². The highest BCUT2D eigenvalue weighted by molar-refractivity contribution is 5.94. The Balaban J connectivity index is 1.34. The molecule has 2 atom stereocenters. The van der Waals surface area contributed by atoms with E-state index in [0.29, 0.717) is 43.3 Å². The maximum absolute atomic E-state index is 14.1. The third-order valence-corrected chi connectivity index (χ3v) is 6.14. The van der Waals surface area contributed by atoms with Crippen molar-refractivity contribution in [2.75, 3.05) is 38.2 Å². The van der Waals surface area contributed by atoms with E-state index in [-0.39, 0.29) is 29.6 Å². The molecule has 1 aliphatic heterocycles. The molecule has 1 aliphatic carbocycles. The molecule has 31 heavy (non-hydrogen) atoms. The van der Waals surface area contributed by atoms with Crippen LogP contribution in [0.2, 0.25) is 0 Å². The van der Waals surface area contributed by atoms with Gasteiger partial charge in [-0.05, 0) is 31.0 Å². The zero-order valence-electron chi connectivity index (χ0n) is 17.6. The van der Waals surface area contributed by atoms with Crippen molar-refractivity contribution in [2.24, 2.45) is 5.92 Å². The van der Waals surface area contributed by atoms with Crippen LogP contribution in [0.5, 0.6) is 5.88 Å². The van der Waals surface area contributed by atoms with E-state index in [2.05, 4.69) is 10.3 Å². The quantitative estimate of drug-likeness (QED) is 0.795. The Morgan fingerprint density at radius 1 is 1.10 bits per heavy atom. The van der Waals surface area contributed by atoms with Crippen molar-refractivity contribution in [3.8, 4) is 5.88 Å². The zero-order chi connectivity index (χ0) is 21.8. The number of halogens is 1. The summed E-state index contributed by atoms with van der Waals surface area (Å²) in [5, 5.41) is 3.02. The Kier molecular flexibility index (Phi) is 6.34. The SMILES string of the molecule is COc1ccc(C(=O)N[C@@H]2CCC[C@@H]2C(=O)N2CCN(c3ccccc3F)CC2)cn1. The third-order valence-electron chi connectivity index (χ3n) is 6.14. The van der Waals surface area contributed by atoms with Gasteiger partial charge >= 0.3 is 0 Å². The highest BCUT2D eigenvalue weighted by Gasteiger charge is 2.37. The summed E-state index contributed by atoms with van der Waals surface area (Å²) in [5.41, 5.74) is 1.02. The van der Waals surface area contributed by atoms with Gasteiger partial charge in [-0.3, -0.25) is 9.59 Å². The van der Waals surface area contributed by atoms with Crippen molar-refractivity contribution < 1.29 is 18.7 Å². The molecule has 1 N–H and O–H groups in total. The molecule has 1 saturated heterocycles. The Bertz CT molecular complexity index is 929. The predicted molar refractivity (Wildman–Crippen MR) is 115 cm³/mol. The molecule has 1 saturated carbocycles. The summed E-state index contributed by atoms with van der Waals surface area (Å²) in [5.74, 6) is -0.183. The number of aromatic nitrogens is 1. The molecule has 0 radical (unpaired) electrons. The number of rotatable bonds is 5. The average molecular weight is 426 g/mol. The maximum Gasteiger partial charge on any atom is 0.253 e. The Hall–Kier alpha value is -3.16.